The van der Waals surface area contributed by atoms with Gasteiger partial charge in [-0.25, -0.2) is 0 Å². The molecule has 1 aromatic rings. The maximum atomic E-state index is 12.4. The molecule has 0 amide bonds. The number of rotatable bonds is 3. The normalized spacial score (nSPS) is 13.1. The molecular formula is C10H11BrClF4N. The van der Waals surface area contributed by atoms with Gasteiger partial charge in [-0.3, -0.25) is 4.39 Å². The molecule has 1 nitrogen and oxygen atoms in total. The molecular weight excluding hydrogens is 325 g/mol. The van der Waals surface area contributed by atoms with E-state index in [1.807, 2.05) is 0 Å². The fourth-order valence-corrected chi connectivity index (χ4v) is 1.82. The Morgan fingerprint density at radius 1 is 1.29 bits per heavy atom. The van der Waals surface area contributed by atoms with Gasteiger partial charge in [0.2, 0.25) is 0 Å². The summed E-state index contributed by atoms with van der Waals surface area (Å²) in [5, 5.41) is 0. The van der Waals surface area contributed by atoms with E-state index in [9.17, 15) is 17.6 Å². The van der Waals surface area contributed by atoms with Crippen molar-refractivity contribution in [2.24, 2.45) is 5.73 Å². The molecule has 0 saturated carbocycles. The van der Waals surface area contributed by atoms with Crippen molar-refractivity contribution in [2.75, 3.05) is 6.67 Å². The number of hydrogen-bond donors (Lipinski definition) is 1. The molecule has 2 N–H and O–H groups in total. The first-order valence-electron chi connectivity index (χ1n) is 4.54. The van der Waals surface area contributed by atoms with Crippen molar-refractivity contribution in [3.8, 4) is 0 Å². The Labute approximate surface area is 111 Å². The van der Waals surface area contributed by atoms with Gasteiger partial charge in [0.25, 0.3) is 0 Å². The van der Waals surface area contributed by atoms with Gasteiger partial charge in [0.15, 0.2) is 0 Å². The molecule has 98 valence electrons. The first kappa shape index (κ1) is 16.7. The fourth-order valence-electron chi connectivity index (χ4n) is 1.28. The number of halogens is 6. The van der Waals surface area contributed by atoms with Crippen molar-refractivity contribution in [2.45, 2.75) is 18.6 Å². The first-order chi connectivity index (χ1) is 7.36. The Morgan fingerprint density at radius 3 is 2.35 bits per heavy atom. The lowest BCUT2D eigenvalue weighted by molar-refractivity contribution is -0.137. The standard InChI is InChI=1S/C10H10BrF4N.ClH/c11-8-2-1-6(10(13,14)15)5-7(8)9(16)3-4-12;/h1-2,5,9H,3-4,16H2;1H/t9-;/m0./s1. The molecule has 0 aliphatic heterocycles. The summed E-state index contributed by atoms with van der Waals surface area (Å²) in [6.07, 6.45) is -4.41. The van der Waals surface area contributed by atoms with Crippen LogP contribution in [0, 0.1) is 0 Å². The second-order valence-electron chi connectivity index (χ2n) is 3.32. The highest BCUT2D eigenvalue weighted by Gasteiger charge is 2.31. The molecule has 1 aromatic carbocycles. The van der Waals surface area contributed by atoms with Crippen LogP contribution in [0.5, 0.6) is 0 Å². The smallest absolute Gasteiger partial charge is 0.324 e. The summed E-state index contributed by atoms with van der Waals surface area (Å²) in [4.78, 5) is 0. The summed E-state index contributed by atoms with van der Waals surface area (Å²) in [5.41, 5.74) is 5.07. The Kier molecular flexibility index (Phi) is 6.43. The van der Waals surface area contributed by atoms with Crippen molar-refractivity contribution in [1.82, 2.24) is 0 Å². The van der Waals surface area contributed by atoms with E-state index < -0.39 is 24.5 Å². The summed E-state index contributed by atoms with van der Waals surface area (Å²) in [6.45, 7) is -0.663. The van der Waals surface area contributed by atoms with Gasteiger partial charge >= 0.3 is 6.18 Å². The molecule has 1 atom stereocenters. The van der Waals surface area contributed by atoms with Crippen LogP contribution in [0.2, 0.25) is 0 Å². The van der Waals surface area contributed by atoms with Gasteiger partial charge in [0.05, 0.1) is 12.2 Å². The van der Waals surface area contributed by atoms with Crippen molar-refractivity contribution in [1.29, 1.82) is 0 Å². The fraction of sp³-hybridized carbons (Fsp3) is 0.400. The van der Waals surface area contributed by atoms with Crippen LogP contribution in [0.4, 0.5) is 17.6 Å². The topological polar surface area (TPSA) is 26.0 Å². The molecule has 0 fully saturated rings. The van der Waals surface area contributed by atoms with Crippen molar-refractivity contribution >= 4 is 28.3 Å². The third-order valence-electron chi connectivity index (χ3n) is 2.14. The van der Waals surface area contributed by atoms with E-state index in [1.165, 1.54) is 6.07 Å². The monoisotopic (exact) mass is 335 g/mol. The summed E-state index contributed by atoms with van der Waals surface area (Å²) >= 11 is 3.10. The highest BCUT2D eigenvalue weighted by Crippen LogP contribution is 2.34. The van der Waals surface area contributed by atoms with E-state index in [2.05, 4.69) is 15.9 Å². The van der Waals surface area contributed by atoms with Crippen LogP contribution in [-0.2, 0) is 6.18 Å². The molecule has 0 spiro atoms. The predicted molar refractivity (Wildman–Crippen MR) is 63.9 cm³/mol. The summed E-state index contributed by atoms with van der Waals surface area (Å²) in [6, 6.07) is 2.44. The van der Waals surface area contributed by atoms with Crippen LogP contribution < -0.4 is 5.73 Å². The maximum absolute atomic E-state index is 12.4. The largest absolute Gasteiger partial charge is 0.416 e. The molecule has 0 heterocycles. The van der Waals surface area contributed by atoms with Crippen LogP contribution in [0.1, 0.15) is 23.6 Å². The highest BCUT2D eigenvalue weighted by molar-refractivity contribution is 9.10. The van der Waals surface area contributed by atoms with Gasteiger partial charge in [-0.15, -0.1) is 12.4 Å². The van der Waals surface area contributed by atoms with E-state index in [0.717, 1.165) is 12.1 Å². The quantitative estimate of drug-likeness (QED) is 0.821. The Balaban J connectivity index is 0.00000256. The van der Waals surface area contributed by atoms with E-state index in [-0.39, 0.29) is 24.4 Å². The van der Waals surface area contributed by atoms with Crippen LogP contribution in [-0.4, -0.2) is 6.67 Å². The van der Waals surface area contributed by atoms with Gasteiger partial charge in [-0.05, 0) is 30.2 Å². The third-order valence-corrected chi connectivity index (χ3v) is 2.87. The predicted octanol–water partition coefficient (Wildman–Crippen LogP) is 4.25. The molecule has 0 aliphatic rings. The van der Waals surface area contributed by atoms with E-state index in [1.54, 1.807) is 0 Å². The SMILES string of the molecule is Cl.N[C@@H](CCF)c1cc(C(F)(F)F)ccc1Br. The lowest BCUT2D eigenvalue weighted by atomic mass is 10.0. The minimum Gasteiger partial charge on any atom is -0.324 e. The number of nitrogens with two attached hydrogens (primary N) is 1. The van der Waals surface area contributed by atoms with Gasteiger partial charge in [0.1, 0.15) is 0 Å². The zero-order chi connectivity index (χ0) is 12.3. The molecule has 7 heteroatoms. The van der Waals surface area contributed by atoms with Gasteiger partial charge in [0, 0.05) is 10.5 Å². The Hall–Kier alpha value is -0.330. The van der Waals surface area contributed by atoms with E-state index in [0.29, 0.717) is 4.47 Å². The summed E-state index contributed by atoms with van der Waals surface area (Å²) in [5.74, 6) is 0. The Bertz CT molecular complexity index is 370. The molecule has 0 bridgehead atoms. The van der Waals surface area contributed by atoms with Crippen LogP contribution in [0.25, 0.3) is 0 Å². The average Bonchev–Trinajstić information content (AvgIpc) is 2.16. The van der Waals surface area contributed by atoms with Crippen LogP contribution >= 0.6 is 28.3 Å². The molecule has 0 aliphatic carbocycles. The molecule has 0 unspecified atom stereocenters. The minimum atomic E-state index is -4.41. The molecule has 0 radical (unpaired) electrons. The lowest BCUT2D eigenvalue weighted by Gasteiger charge is -2.15. The van der Waals surface area contributed by atoms with Gasteiger partial charge in [-0.1, -0.05) is 15.9 Å². The van der Waals surface area contributed by atoms with Gasteiger partial charge in [-0.2, -0.15) is 13.2 Å². The molecule has 17 heavy (non-hydrogen) atoms. The maximum Gasteiger partial charge on any atom is 0.416 e. The van der Waals surface area contributed by atoms with Crippen molar-refractivity contribution in [3.05, 3.63) is 33.8 Å². The summed E-state index contributed by atoms with van der Waals surface area (Å²) in [7, 11) is 0. The number of hydrogen-bond acceptors (Lipinski definition) is 1. The minimum absolute atomic E-state index is 0. The number of benzene rings is 1. The second kappa shape index (κ2) is 6.56. The molecule has 0 aromatic heterocycles. The first-order valence-corrected chi connectivity index (χ1v) is 5.33. The Morgan fingerprint density at radius 2 is 1.88 bits per heavy atom. The van der Waals surface area contributed by atoms with E-state index in [4.69, 9.17) is 5.73 Å². The average molecular weight is 337 g/mol. The van der Waals surface area contributed by atoms with Crippen molar-refractivity contribution in [3.63, 3.8) is 0 Å². The van der Waals surface area contributed by atoms with Gasteiger partial charge < -0.3 is 5.73 Å². The summed E-state index contributed by atoms with van der Waals surface area (Å²) < 4.78 is 49.8. The second-order valence-corrected chi connectivity index (χ2v) is 4.17. The highest BCUT2D eigenvalue weighted by atomic mass is 79.9. The number of alkyl halides is 4. The molecule has 1 rings (SSSR count). The third kappa shape index (κ3) is 4.44. The van der Waals surface area contributed by atoms with Crippen molar-refractivity contribution < 1.29 is 17.6 Å². The molecule has 0 saturated heterocycles. The van der Waals surface area contributed by atoms with E-state index >= 15 is 0 Å². The lowest BCUT2D eigenvalue weighted by Crippen LogP contribution is -2.14. The van der Waals surface area contributed by atoms with Crippen LogP contribution in [0.15, 0.2) is 22.7 Å². The zero-order valence-corrected chi connectivity index (χ0v) is 11.0. The van der Waals surface area contributed by atoms with Crippen LogP contribution in [0.3, 0.4) is 0 Å². The zero-order valence-electron chi connectivity index (χ0n) is 8.60.